The number of aromatic nitrogens is 2. The van der Waals surface area contributed by atoms with E-state index in [1.54, 1.807) is 25.8 Å². The van der Waals surface area contributed by atoms with Crippen molar-refractivity contribution in [3.63, 3.8) is 0 Å². The van der Waals surface area contributed by atoms with Crippen LogP contribution in [0.5, 0.6) is 0 Å². The molecule has 1 aromatic heterocycles. The maximum Gasteiger partial charge on any atom is 0.272 e. The molecule has 1 aliphatic carbocycles. The van der Waals surface area contributed by atoms with Crippen LogP contribution in [0, 0.1) is 0 Å². The molecule has 0 aromatic carbocycles. The largest absolute Gasteiger partial charge is 0.414 e. The molecule has 36 heavy (non-hydrogen) atoms. The van der Waals surface area contributed by atoms with Crippen LogP contribution in [-0.2, 0) is 27.7 Å². The van der Waals surface area contributed by atoms with E-state index < -0.39 is 27.6 Å². The second kappa shape index (κ2) is 9.87. The van der Waals surface area contributed by atoms with E-state index in [0.29, 0.717) is 53.8 Å². The standard InChI is InChI=1S/C25H44N4O5SSi/c1-17(2)36(18(3)4,19(5)6)34-16-24(7,8)35(32,33)25(11-12-25)15-29-13-10-20-21(14-26-31)27-28(9)22(20)23(29)30/h14,17-19,31H,10-13,15-16H2,1-9H3/b26-14+. The van der Waals surface area contributed by atoms with Gasteiger partial charge in [-0.05, 0) is 49.7 Å². The molecule has 1 fully saturated rings. The Morgan fingerprint density at radius 2 is 1.72 bits per heavy atom. The number of carbonyl (C=O) groups is 1. The van der Waals surface area contributed by atoms with E-state index in [1.165, 1.54) is 10.9 Å². The van der Waals surface area contributed by atoms with Crippen molar-refractivity contribution in [2.45, 2.75) is 101 Å². The summed E-state index contributed by atoms with van der Waals surface area (Å²) in [6.45, 7) is 17.5. The van der Waals surface area contributed by atoms with Gasteiger partial charge in [0.05, 0.1) is 22.3 Å². The number of carbonyl (C=O) groups excluding carboxylic acids is 1. The summed E-state index contributed by atoms with van der Waals surface area (Å²) < 4.78 is 34.4. The molecule has 1 aromatic rings. The van der Waals surface area contributed by atoms with E-state index in [-0.39, 0.29) is 19.1 Å². The first-order valence-corrected chi connectivity index (χ1v) is 16.6. The predicted octanol–water partition coefficient (Wildman–Crippen LogP) is 4.14. The van der Waals surface area contributed by atoms with Crippen molar-refractivity contribution in [2.24, 2.45) is 12.2 Å². The number of aryl methyl sites for hydroxylation is 1. The Morgan fingerprint density at radius 3 is 2.19 bits per heavy atom. The summed E-state index contributed by atoms with van der Waals surface area (Å²) in [5.41, 5.74) is 2.72. The zero-order chi connectivity index (χ0) is 27.3. The van der Waals surface area contributed by atoms with Crippen molar-refractivity contribution in [2.75, 3.05) is 19.7 Å². The second-order valence-corrected chi connectivity index (χ2v) is 20.5. The Morgan fingerprint density at radius 1 is 1.17 bits per heavy atom. The molecule has 0 radical (unpaired) electrons. The first-order chi connectivity index (χ1) is 16.6. The van der Waals surface area contributed by atoms with Crippen molar-refractivity contribution >= 4 is 30.3 Å². The van der Waals surface area contributed by atoms with Crippen molar-refractivity contribution in [1.29, 1.82) is 0 Å². The second-order valence-electron chi connectivity index (χ2n) is 12.1. The lowest BCUT2D eigenvalue weighted by atomic mass is 10.0. The number of nitrogens with zero attached hydrogens (tertiary/aromatic N) is 4. The number of sulfone groups is 1. The topological polar surface area (TPSA) is 114 Å². The van der Waals surface area contributed by atoms with Gasteiger partial charge in [-0.1, -0.05) is 46.7 Å². The molecule has 0 spiro atoms. The van der Waals surface area contributed by atoms with E-state index >= 15 is 0 Å². The fourth-order valence-corrected chi connectivity index (χ4v) is 14.4. The third-order valence-corrected chi connectivity index (χ3v) is 17.7. The predicted molar refractivity (Wildman–Crippen MR) is 144 cm³/mol. The highest BCUT2D eigenvalue weighted by Gasteiger charge is 2.61. The minimum atomic E-state index is -3.61. The van der Waals surface area contributed by atoms with Gasteiger partial charge < -0.3 is 14.5 Å². The van der Waals surface area contributed by atoms with Crippen LogP contribution in [0.15, 0.2) is 5.16 Å². The van der Waals surface area contributed by atoms with Crippen molar-refractivity contribution in [1.82, 2.24) is 14.7 Å². The molecule has 1 amide bonds. The van der Waals surface area contributed by atoms with Gasteiger partial charge in [-0.25, -0.2) is 8.42 Å². The average molecular weight is 541 g/mol. The molecule has 11 heteroatoms. The molecule has 0 saturated heterocycles. The number of oxime groups is 1. The Labute approximate surface area is 217 Å². The Hall–Kier alpha value is -1.72. The average Bonchev–Trinajstić information content (AvgIpc) is 3.48. The van der Waals surface area contributed by atoms with Crippen molar-refractivity contribution in [3.05, 3.63) is 17.0 Å². The molecule has 9 nitrogen and oxygen atoms in total. The van der Waals surface area contributed by atoms with E-state index in [9.17, 15) is 13.2 Å². The summed E-state index contributed by atoms with van der Waals surface area (Å²) in [6.07, 6.45) is 2.85. The summed E-state index contributed by atoms with van der Waals surface area (Å²) in [6, 6.07) is 0. The zero-order valence-electron chi connectivity index (χ0n) is 23.3. The lowest BCUT2D eigenvalue weighted by molar-refractivity contribution is 0.0724. The Balaban J connectivity index is 1.83. The van der Waals surface area contributed by atoms with Crippen LogP contribution in [0.4, 0.5) is 0 Å². The van der Waals surface area contributed by atoms with Gasteiger partial charge in [0.1, 0.15) is 11.4 Å². The summed E-state index contributed by atoms with van der Waals surface area (Å²) >= 11 is 0. The third kappa shape index (κ3) is 4.55. The van der Waals surface area contributed by atoms with Gasteiger partial charge in [-0.15, -0.1) is 0 Å². The lowest BCUT2D eigenvalue weighted by Crippen LogP contribution is -2.55. The number of fused-ring (bicyclic) bond motifs is 1. The summed E-state index contributed by atoms with van der Waals surface area (Å²) in [4.78, 5) is 15.0. The van der Waals surface area contributed by atoms with Gasteiger partial charge in [-0.2, -0.15) is 5.10 Å². The van der Waals surface area contributed by atoms with Crippen molar-refractivity contribution in [3.8, 4) is 0 Å². The van der Waals surface area contributed by atoms with Crippen LogP contribution in [0.2, 0.25) is 16.6 Å². The van der Waals surface area contributed by atoms with Gasteiger partial charge in [0, 0.05) is 25.7 Å². The Kier molecular flexibility index (Phi) is 7.90. The minimum Gasteiger partial charge on any atom is -0.414 e. The van der Waals surface area contributed by atoms with Crippen LogP contribution in [0.3, 0.4) is 0 Å². The van der Waals surface area contributed by atoms with Crippen LogP contribution in [0.25, 0.3) is 0 Å². The van der Waals surface area contributed by atoms with E-state index in [0.717, 1.165) is 5.56 Å². The molecule has 0 unspecified atom stereocenters. The van der Waals surface area contributed by atoms with Gasteiger partial charge in [0.15, 0.2) is 18.2 Å². The van der Waals surface area contributed by atoms with Crippen LogP contribution >= 0.6 is 0 Å². The lowest BCUT2D eigenvalue weighted by Gasteiger charge is -2.44. The fourth-order valence-electron chi connectivity index (χ4n) is 6.37. The highest BCUT2D eigenvalue weighted by atomic mass is 32.2. The van der Waals surface area contributed by atoms with E-state index in [2.05, 4.69) is 51.8 Å². The van der Waals surface area contributed by atoms with E-state index in [4.69, 9.17) is 9.63 Å². The first-order valence-electron chi connectivity index (χ1n) is 13.0. The first kappa shape index (κ1) is 28.8. The SMILES string of the molecule is CC(C)[Si](OCC(C)(C)S(=O)(=O)C1(CN2CCc3c(/C=N/O)nn(C)c3C2=O)CC1)(C(C)C)C(C)C. The van der Waals surface area contributed by atoms with E-state index in [1.807, 2.05) is 0 Å². The zero-order valence-corrected chi connectivity index (χ0v) is 25.1. The van der Waals surface area contributed by atoms with Crippen LogP contribution in [0.1, 0.15) is 90.0 Å². The molecule has 2 heterocycles. The maximum atomic E-state index is 14.1. The highest BCUT2D eigenvalue weighted by Crippen LogP contribution is 2.50. The van der Waals surface area contributed by atoms with Gasteiger partial charge in [-0.3, -0.25) is 9.48 Å². The molecule has 2 aliphatic rings. The number of amides is 1. The molecular formula is C25H44N4O5SSi. The minimum absolute atomic E-state index is 0.168. The summed E-state index contributed by atoms with van der Waals surface area (Å²) in [7, 11) is -4.17. The number of hydrogen-bond acceptors (Lipinski definition) is 7. The quantitative estimate of drug-likeness (QED) is 0.195. The van der Waals surface area contributed by atoms with Crippen LogP contribution < -0.4 is 0 Å². The van der Waals surface area contributed by atoms with Crippen LogP contribution in [-0.4, -0.2) is 77.9 Å². The van der Waals surface area contributed by atoms with Gasteiger partial charge >= 0.3 is 0 Å². The molecule has 0 atom stereocenters. The molecule has 1 saturated carbocycles. The summed E-state index contributed by atoms with van der Waals surface area (Å²) in [5.74, 6) is -0.231. The molecule has 0 bridgehead atoms. The molecular weight excluding hydrogens is 496 g/mol. The van der Waals surface area contributed by atoms with Gasteiger partial charge in [0.25, 0.3) is 5.91 Å². The smallest absolute Gasteiger partial charge is 0.272 e. The van der Waals surface area contributed by atoms with Crippen molar-refractivity contribution < 1.29 is 22.8 Å². The third-order valence-electron chi connectivity index (χ3n) is 8.44. The molecule has 204 valence electrons. The molecule has 1 aliphatic heterocycles. The maximum absolute atomic E-state index is 14.1. The number of hydrogen-bond donors (Lipinski definition) is 1. The monoisotopic (exact) mass is 540 g/mol. The fraction of sp³-hybridized carbons (Fsp3) is 0.800. The molecule has 3 rings (SSSR count). The number of rotatable bonds is 11. The summed E-state index contributed by atoms with van der Waals surface area (Å²) in [5, 5.41) is 16.2. The highest BCUT2D eigenvalue weighted by molar-refractivity contribution is 7.94. The Bertz CT molecular complexity index is 1100. The molecule has 1 N–H and O–H groups in total. The van der Waals surface area contributed by atoms with Gasteiger partial charge in [0.2, 0.25) is 0 Å². The normalized spacial score (nSPS) is 18.7.